The lowest BCUT2D eigenvalue weighted by Crippen LogP contribution is -2.42. The molecule has 0 spiro atoms. The van der Waals surface area contributed by atoms with E-state index < -0.39 is 0 Å². The van der Waals surface area contributed by atoms with Crippen LogP contribution in [0.1, 0.15) is 45.7 Å². The number of para-hydroxylation sites is 1. The number of fused-ring (bicyclic) bond motifs is 2. The number of thiazole rings is 1. The number of furan rings is 1. The van der Waals surface area contributed by atoms with Gasteiger partial charge in [-0.2, -0.15) is 4.57 Å². The minimum atomic E-state index is -0.0340. The molecule has 2 aromatic heterocycles. The molecular formula is C23H26NOS+. The average molecular weight is 365 g/mol. The van der Waals surface area contributed by atoms with Crippen LogP contribution >= 0.6 is 11.3 Å². The third kappa shape index (κ3) is 2.84. The molecule has 0 aliphatic carbocycles. The molecule has 0 atom stereocenters. The van der Waals surface area contributed by atoms with Crippen LogP contribution in [-0.2, 0) is 17.4 Å². The first-order valence-electron chi connectivity index (χ1n) is 9.14. The van der Waals surface area contributed by atoms with E-state index in [0.717, 1.165) is 12.1 Å². The van der Waals surface area contributed by atoms with Gasteiger partial charge in [-0.3, -0.25) is 0 Å². The van der Waals surface area contributed by atoms with Crippen molar-refractivity contribution in [3.8, 4) is 0 Å². The molecule has 0 bridgehead atoms. The Morgan fingerprint density at radius 2 is 1.65 bits per heavy atom. The monoisotopic (exact) mass is 364 g/mol. The largest absolute Gasteiger partial charge is 0.464 e. The summed E-state index contributed by atoms with van der Waals surface area (Å²) < 4.78 is 9.59. The van der Waals surface area contributed by atoms with Gasteiger partial charge in [0.15, 0.2) is 6.54 Å². The summed E-state index contributed by atoms with van der Waals surface area (Å²) in [6.45, 7) is 12.4. The van der Waals surface area contributed by atoms with Crippen molar-refractivity contribution in [3.05, 3.63) is 65.4 Å². The third-order valence-electron chi connectivity index (χ3n) is 5.18. The first kappa shape index (κ1) is 17.3. The molecule has 2 heterocycles. The minimum absolute atomic E-state index is 0.0340. The van der Waals surface area contributed by atoms with Crippen LogP contribution in [0.2, 0.25) is 0 Å². The van der Waals surface area contributed by atoms with Gasteiger partial charge in [-0.1, -0.05) is 62.4 Å². The molecule has 0 radical (unpaired) electrons. The smallest absolute Gasteiger partial charge is 0.225 e. The lowest BCUT2D eigenvalue weighted by atomic mass is 9.83. The highest BCUT2D eigenvalue weighted by Crippen LogP contribution is 2.34. The Morgan fingerprint density at radius 1 is 0.923 bits per heavy atom. The molecule has 0 unspecified atom stereocenters. The Bertz CT molecular complexity index is 1080. The minimum Gasteiger partial charge on any atom is -0.464 e. The molecule has 0 N–H and O–H groups in total. The first-order chi connectivity index (χ1) is 12.3. The second-order valence-electron chi connectivity index (χ2n) is 8.78. The third-order valence-corrected chi connectivity index (χ3v) is 6.21. The summed E-state index contributed by atoms with van der Waals surface area (Å²) in [4.78, 5) is 0. The molecule has 0 amide bonds. The highest BCUT2D eigenvalue weighted by atomic mass is 32.1. The number of hydrogen-bond acceptors (Lipinski definition) is 2. The predicted molar refractivity (Wildman–Crippen MR) is 110 cm³/mol. The van der Waals surface area contributed by atoms with E-state index in [2.05, 4.69) is 81.1 Å². The summed E-state index contributed by atoms with van der Waals surface area (Å²) in [5.41, 5.74) is 7.40. The number of hydrogen-bond donors (Lipinski definition) is 0. The van der Waals surface area contributed by atoms with Gasteiger partial charge in [0.25, 0.3) is 0 Å². The Balaban J connectivity index is 1.79. The highest BCUT2D eigenvalue weighted by Gasteiger charge is 2.31. The van der Waals surface area contributed by atoms with Gasteiger partial charge in [0.05, 0.1) is 11.7 Å². The quantitative estimate of drug-likeness (QED) is 0.395. The summed E-state index contributed by atoms with van der Waals surface area (Å²) in [6.07, 6.45) is 1.78. The molecule has 0 aliphatic heterocycles. The summed E-state index contributed by atoms with van der Waals surface area (Å²) in [5.74, 6) is 0. The van der Waals surface area contributed by atoms with E-state index in [1.54, 1.807) is 6.26 Å². The lowest BCUT2D eigenvalue weighted by Gasteiger charge is -2.22. The zero-order valence-corrected chi connectivity index (χ0v) is 17.0. The molecule has 0 saturated carbocycles. The Labute approximate surface area is 159 Å². The average Bonchev–Trinajstić information content (AvgIpc) is 3.20. The van der Waals surface area contributed by atoms with E-state index >= 15 is 0 Å². The van der Waals surface area contributed by atoms with E-state index in [4.69, 9.17) is 4.42 Å². The van der Waals surface area contributed by atoms with Crippen molar-refractivity contribution in [3.63, 3.8) is 0 Å². The van der Waals surface area contributed by atoms with Crippen LogP contribution in [0.25, 0.3) is 21.2 Å². The maximum absolute atomic E-state index is 5.80. The number of benzene rings is 2. The van der Waals surface area contributed by atoms with E-state index in [1.807, 2.05) is 17.4 Å². The first-order valence-corrected chi connectivity index (χ1v) is 10.0. The fourth-order valence-electron chi connectivity index (χ4n) is 3.80. The molecule has 26 heavy (non-hydrogen) atoms. The van der Waals surface area contributed by atoms with Crippen molar-refractivity contribution < 1.29 is 8.98 Å². The number of rotatable bonds is 3. The number of aromatic nitrogens is 1. The summed E-state index contributed by atoms with van der Waals surface area (Å²) >= 11 is 1.85. The fourth-order valence-corrected chi connectivity index (χ4v) is 5.03. The Kier molecular flexibility index (Phi) is 3.96. The predicted octanol–water partition coefficient (Wildman–Crippen LogP) is 6.21. The van der Waals surface area contributed by atoms with E-state index in [9.17, 15) is 0 Å². The van der Waals surface area contributed by atoms with Crippen LogP contribution in [0.4, 0.5) is 0 Å². The maximum atomic E-state index is 5.80. The SMILES string of the molecule is CC(C)(C)c1cccc2c1sc[n+]2CC(C)(C)c1cccc2ccoc12. The van der Waals surface area contributed by atoms with E-state index in [-0.39, 0.29) is 10.8 Å². The van der Waals surface area contributed by atoms with Crippen LogP contribution in [0, 0.1) is 0 Å². The molecule has 0 aliphatic rings. The molecule has 2 nitrogen and oxygen atoms in total. The molecule has 0 saturated heterocycles. The molecule has 2 aromatic carbocycles. The van der Waals surface area contributed by atoms with Gasteiger partial charge in [-0.25, -0.2) is 0 Å². The maximum Gasteiger partial charge on any atom is 0.225 e. The van der Waals surface area contributed by atoms with Crippen LogP contribution in [0.5, 0.6) is 0 Å². The van der Waals surface area contributed by atoms with Crippen molar-refractivity contribution in [2.24, 2.45) is 0 Å². The van der Waals surface area contributed by atoms with Gasteiger partial charge >= 0.3 is 0 Å². The van der Waals surface area contributed by atoms with E-state index in [0.29, 0.717) is 0 Å². The molecule has 3 heteroatoms. The normalized spacial score (nSPS) is 13.0. The summed E-state index contributed by atoms with van der Waals surface area (Å²) in [5, 5.41) is 1.17. The second-order valence-corrected chi connectivity index (χ2v) is 9.64. The topological polar surface area (TPSA) is 17.0 Å². The van der Waals surface area contributed by atoms with Gasteiger partial charge in [-0.05, 0) is 30.9 Å². The van der Waals surface area contributed by atoms with Gasteiger partial charge < -0.3 is 4.42 Å². The summed E-state index contributed by atoms with van der Waals surface area (Å²) in [7, 11) is 0. The van der Waals surface area contributed by atoms with Crippen LogP contribution in [-0.4, -0.2) is 0 Å². The molecule has 0 fully saturated rings. The standard InChI is InChI=1S/C23H26NOS/c1-22(2,3)18-10-7-11-19-21(18)26-15-24(19)14-23(4,5)17-9-6-8-16-12-13-25-20(16)17/h6-13,15H,14H2,1-5H3/q+1. The highest BCUT2D eigenvalue weighted by molar-refractivity contribution is 7.16. The van der Waals surface area contributed by atoms with Crippen LogP contribution in [0.15, 0.2) is 58.7 Å². The molecule has 4 aromatic rings. The Hall–Kier alpha value is -2.13. The fraction of sp³-hybridized carbons (Fsp3) is 0.348. The molecule has 4 rings (SSSR count). The van der Waals surface area contributed by atoms with Crippen molar-refractivity contribution in [2.45, 2.75) is 52.0 Å². The van der Waals surface area contributed by atoms with Crippen molar-refractivity contribution >= 4 is 32.5 Å². The molecule has 134 valence electrons. The van der Waals surface area contributed by atoms with Crippen molar-refractivity contribution in [1.82, 2.24) is 0 Å². The van der Waals surface area contributed by atoms with Gasteiger partial charge in [0.2, 0.25) is 11.0 Å². The summed E-state index contributed by atoms with van der Waals surface area (Å²) in [6, 6.07) is 15.2. The van der Waals surface area contributed by atoms with Gasteiger partial charge in [-0.15, -0.1) is 0 Å². The zero-order chi connectivity index (χ0) is 18.5. The van der Waals surface area contributed by atoms with Crippen molar-refractivity contribution in [2.75, 3.05) is 0 Å². The lowest BCUT2D eigenvalue weighted by molar-refractivity contribution is -0.675. The van der Waals surface area contributed by atoms with Crippen LogP contribution in [0.3, 0.4) is 0 Å². The zero-order valence-electron chi connectivity index (χ0n) is 16.2. The Morgan fingerprint density at radius 3 is 2.42 bits per heavy atom. The number of nitrogens with zero attached hydrogens (tertiary/aromatic N) is 1. The molecular weight excluding hydrogens is 338 g/mol. The van der Waals surface area contributed by atoms with Crippen molar-refractivity contribution in [1.29, 1.82) is 0 Å². The second kappa shape index (κ2) is 5.95. The van der Waals surface area contributed by atoms with Gasteiger partial charge in [0.1, 0.15) is 10.3 Å². The van der Waals surface area contributed by atoms with Crippen LogP contribution < -0.4 is 4.57 Å². The van der Waals surface area contributed by atoms with E-state index in [1.165, 1.54) is 26.7 Å². The van der Waals surface area contributed by atoms with Gasteiger partial charge in [0, 0.05) is 17.0 Å².